The third kappa shape index (κ3) is 5.00. The van der Waals surface area contributed by atoms with Crippen LogP contribution in [0, 0.1) is 0 Å². The zero-order valence-corrected chi connectivity index (χ0v) is 23.5. The summed E-state index contributed by atoms with van der Waals surface area (Å²) in [5.41, 5.74) is 1.94. The summed E-state index contributed by atoms with van der Waals surface area (Å²) in [6, 6.07) is 7.20. The summed E-state index contributed by atoms with van der Waals surface area (Å²) in [6.45, 7) is 8.23. The second kappa shape index (κ2) is 10.5. The number of piperidine rings is 1. The number of rotatable bonds is 7. The van der Waals surface area contributed by atoms with E-state index in [1.54, 1.807) is 6.07 Å². The largest absolute Gasteiger partial charge is 0.492 e. The SMILES string of the molecule is CCOc1cc(CC)cc2sc(C(C)(C)NC(=O)Nc3ccc4c(c3)C(O)N(C3CCC(=O)NC3=O)C4=O)nc12. The van der Waals surface area contributed by atoms with Gasteiger partial charge in [-0.2, -0.15) is 0 Å². The van der Waals surface area contributed by atoms with Gasteiger partial charge >= 0.3 is 6.03 Å². The number of aliphatic hydroxyl groups is 1. The highest BCUT2D eigenvalue weighted by molar-refractivity contribution is 7.18. The van der Waals surface area contributed by atoms with Crippen molar-refractivity contribution >= 4 is 51.0 Å². The molecule has 2 atom stereocenters. The van der Waals surface area contributed by atoms with Gasteiger partial charge in [-0.25, -0.2) is 9.78 Å². The van der Waals surface area contributed by atoms with E-state index in [1.807, 2.05) is 26.8 Å². The van der Waals surface area contributed by atoms with Crippen LogP contribution in [0.25, 0.3) is 10.2 Å². The molecule has 5 rings (SSSR count). The van der Waals surface area contributed by atoms with Crippen LogP contribution in [0.4, 0.5) is 10.5 Å². The molecule has 0 aliphatic carbocycles. The minimum atomic E-state index is -1.39. The molecule has 11 nitrogen and oxygen atoms in total. The van der Waals surface area contributed by atoms with Crippen molar-refractivity contribution in [3.05, 3.63) is 52.0 Å². The molecule has 3 heterocycles. The van der Waals surface area contributed by atoms with Crippen molar-refractivity contribution in [2.45, 2.75) is 64.8 Å². The summed E-state index contributed by atoms with van der Waals surface area (Å²) in [4.78, 5) is 55.7. The van der Waals surface area contributed by atoms with Gasteiger partial charge in [-0.1, -0.05) is 6.92 Å². The van der Waals surface area contributed by atoms with Crippen molar-refractivity contribution in [3.8, 4) is 5.75 Å². The molecule has 0 saturated carbocycles. The minimum absolute atomic E-state index is 0.0768. The number of amides is 5. The summed E-state index contributed by atoms with van der Waals surface area (Å²) in [7, 11) is 0. The third-order valence-corrected chi connectivity index (χ3v) is 8.38. The number of nitrogens with zero attached hydrogens (tertiary/aromatic N) is 2. The fourth-order valence-corrected chi connectivity index (χ4v) is 6.10. The van der Waals surface area contributed by atoms with E-state index >= 15 is 0 Å². The number of ether oxygens (including phenoxy) is 1. The maximum Gasteiger partial charge on any atom is 0.319 e. The highest BCUT2D eigenvalue weighted by atomic mass is 32.1. The van der Waals surface area contributed by atoms with Crippen molar-refractivity contribution in [1.29, 1.82) is 0 Å². The Kier molecular flexibility index (Phi) is 7.23. The lowest BCUT2D eigenvalue weighted by Crippen LogP contribution is -2.53. The number of carbonyl (C=O) groups excluding carboxylic acids is 4. The molecule has 2 aromatic carbocycles. The van der Waals surface area contributed by atoms with E-state index in [1.165, 1.54) is 23.5 Å². The third-order valence-electron chi connectivity index (χ3n) is 7.05. The smallest absolute Gasteiger partial charge is 0.319 e. The topological polar surface area (TPSA) is 150 Å². The summed E-state index contributed by atoms with van der Waals surface area (Å²) in [5.74, 6) is -0.822. The monoisotopic (exact) mass is 565 g/mol. The van der Waals surface area contributed by atoms with Crippen LogP contribution < -0.4 is 20.7 Å². The molecule has 2 aliphatic heterocycles. The van der Waals surface area contributed by atoms with Crippen LogP contribution in [0.1, 0.15) is 73.3 Å². The highest BCUT2D eigenvalue weighted by Gasteiger charge is 2.44. The summed E-state index contributed by atoms with van der Waals surface area (Å²) >= 11 is 1.49. The molecule has 5 amide bonds. The number of aliphatic hydroxyl groups excluding tert-OH is 1. The average molecular weight is 566 g/mol. The molecule has 2 aliphatic rings. The van der Waals surface area contributed by atoms with Gasteiger partial charge in [0.15, 0.2) is 6.23 Å². The number of benzene rings is 2. The van der Waals surface area contributed by atoms with E-state index < -0.39 is 41.6 Å². The number of aryl methyl sites for hydroxylation is 1. The summed E-state index contributed by atoms with van der Waals surface area (Å²) in [6.07, 6.45) is -0.322. The van der Waals surface area contributed by atoms with Crippen molar-refractivity contribution in [2.75, 3.05) is 11.9 Å². The standard InChI is InChI=1S/C28H31N5O6S/c1-5-14-11-19(39-6-2)22-20(12-14)40-26(31-22)28(3,4)32-27(38)29-15-7-8-16-17(13-15)25(37)33(24(16)36)18-9-10-21(34)30-23(18)35/h7-8,11-13,18,25,37H,5-6,9-10H2,1-4H3,(H2,29,32,38)(H,30,34,35). The van der Waals surface area contributed by atoms with Crippen LogP contribution in [0.3, 0.4) is 0 Å². The highest BCUT2D eigenvalue weighted by Crippen LogP contribution is 2.38. The molecule has 1 aromatic heterocycles. The van der Waals surface area contributed by atoms with Crippen molar-refractivity contribution in [1.82, 2.24) is 20.5 Å². The Bertz CT molecular complexity index is 1530. The number of nitrogens with one attached hydrogen (secondary N) is 3. The normalized spacial score (nSPS) is 19.0. The molecular weight excluding hydrogens is 534 g/mol. The van der Waals surface area contributed by atoms with E-state index in [9.17, 15) is 24.3 Å². The molecule has 0 spiro atoms. The van der Waals surface area contributed by atoms with E-state index in [2.05, 4.69) is 28.9 Å². The van der Waals surface area contributed by atoms with Crippen LogP contribution >= 0.6 is 11.3 Å². The summed E-state index contributed by atoms with van der Waals surface area (Å²) in [5, 5.41) is 19.5. The molecular formula is C28H31N5O6S. The quantitative estimate of drug-likeness (QED) is 0.320. The predicted octanol–water partition coefficient (Wildman–Crippen LogP) is 3.57. The van der Waals surface area contributed by atoms with Crippen molar-refractivity contribution < 1.29 is 29.0 Å². The first-order valence-corrected chi connectivity index (χ1v) is 14.0. The molecule has 40 heavy (non-hydrogen) atoms. The van der Waals surface area contributed by atoms with E-state index in [0.717, 1.165) is 32.9 Å². The number of hydrogen-bond acceptors (Lipinski definition) is 8. The van der Waals surface area contributed by atoms with E-state index in [4.69, 9.17) is 9.72 Å². The van der Waals surface area contributed by atoms with Crippen LogP contribution in [0.2, 0.25) is 0 Å². The van der Waals surface area contributed by atoms with Gasteiger partial charge in [0.1, 0.15) is 22.3 Å². The molecule has 3 aromatic rings. The van der Waals surface area contributed by atoms with Crippen LogP contribution in [0.15, 0.2) is 30.3 Å². The maximum absolute atomic E-state index is 13.0. The Balaban J connectivity index is 1.32. The van der Waals surface area contributed by atoms with Gasteiger partial charge in [0.25, 0.3) is 5.91 Å². The van der Waals surface area contributed by atoms with Gasteiger partial charge < -0.3 is 20.5 Å². The Hall–Kier alpha value is -4.03. The molecule has 1 saturated heterocycles. The number of carbonyl (C=O) groups is 4. The second-order valence-electron chi connectivity index (χ2n) is 10.3. The first-order chi connectivity index (χ1) is 19.0. The van der Waals surface area contributed by atoms with Gasteiger partial charge in [-0.3, -0.25) is 24.6 Å². The van der Waals surface area contributed by atoms with Gasteiger partial charge in [0, 0.05) is 23.2 Å². The van der Waals surface area contributed by atoms with Crippen molar-refractivity contribution in [2.24, 2.45) is 0 Å². The molecule has 0 radical (unpaired) electrons. The van der Waals surface area contributed by atoms with Crippen LogP contribution in [-0.2, 0) is 21.5 Å². The van der Waals surface area contributed by atoms with Gasteiger partial charge in [0.05, 0.1) is 16.8 Å². The maximum atomic E-state index is 13.0. The number of thiazole rings is 1. The number of anilines is 1. The molecule has 12 heteroatoms. The lowest BCUT2D eigenvalue weighted by atomic mass is 10.0. The van der Waals surface area contributed by atoms with Crippen molar-refractivity contribution in [3.63, 3.8) is 0 Å². The number of hydrogen-bond donors (Lipinski definition) is 4. The zero-order chi connectivity index (χ0) is 28.8. The number of imide groups is 1. The Morgan fingerprint density at radius 3 is 2.70 bits per heavy atom. The van der Waals surface area contributed by atoms with Gasteiger partial charge in [0.2, 0.25) is 11.8 Å². The first-order valence-electron chi connectivity index (χ1n) is 13.2. The number of aromatic nitrogens is 1. The molecule has 0 bridgehead atoms. The Morgan fingerprint density at radius 2 is 2.00 bits per heavy atom. The van der Waals surface area contributed by atoms with E-state index in [-0.39, 0.29) is 24.0 Å². The second-order valence-corrected chi connectivity index (χ2v) is 11.3. The van der Waals surface area contributed by atoms with Gasteiger partial charge in [-0.15, -0.1) is 11.3 Å². The first kappa shape index (κ1) is 27.5. The van der Waals surface area contributed by atoms with Crippen LogP contribution in [0.5, 0.6) is 5.75 Å². The van der Waals surface area contributed by atoms with E-state index in [0.29, 0.717) is 17.3 Å². The fourth-order valence-electron chi connectivity index (χ4n) is 5.00. The lowest BCUT2D eigenvalue weighted by molar-refractivity contribution is -0.139. The van der Waals surface area contributed by atoms with Gasteiger partial charge in [-0.05, 0) is 69.5 Å². The fraction of sp³-hybridized carbons (Fsp3) is 0.393. The van der Waals surface area contributed by atoms with Crippen LogP contribution in [-0.4, -0.2) is 51.4 Å². The minimum Gasteiger partial charge on any atom is -0.492 e. The average Bonchev–Trinajstić information content (AvgIpc) is 3.44. The number of urea groups is 1. The predicted molar refractivity (Wildman–Crippen MR) is 149 cm³/mol. The molecule has 210 valence electrons. The zero-order valence-electron chi connectivity index (χ0n) is 22.7. The molecule has 2 unspecified atom stereocenters. The Labute approximate surface area is 234 Å². The molecule has 1 fully saturated rings. The Morgan fingerprint density at radius 1 is 1.23 bits per heavy atom. The lowest BCUT2D eigenvalue weighted by Gasteiger charge is -2.31. The molecule has 4 N–H and O–H groups in total. The summed E-state index contributed by atoms with van der Waals surface area (Å²) < 4.78 is 6.79. The number of fused-ring (bicyclic) bond motifs is 2.